The van der Waals surface area contributed by atoms with Crippen LogP contribution in [0.4, 0.5) is 4.79 Å². The zero-order valence-electron chi connectivity index (χ0n) is 19.2. The number of aliphatic imine (C=N–C) groups is 1. The third-order valence-electron chi connectivity index (χ3n) is 5.73. The number of hydrogen-bond donors (Lipinski definition) is 1. The van der Waals surface area contributed by atoms with Gasteiger partial charge in [-0.15, -0.1) is 0 Å². The molecule has 1 aliphatic heterocycles. The molecule has 2 aliphatic rings. The molecule has 0 radical (unpaired) electrons. The van der Waals surface area contributed by atoms with Crippen LogP contribution < -0.4 is 5.32 Å². The number of carbonyl (C=O) groups excluding carboxylic acids is 1. The second kappa shape index (κ2) is 10.0. The molecule has 1 aliphatic carbocycles. The van der Waals surface area contributed by atoms with Crippen molar-refractivity contribution < 1.29 is 9.53 Å². The van der Waals surface area contributed by atoms with E-state index in [-0.39, 0.29) is 12.1 Å². The Morgan fingerprint density at radius 3 is 2.39 bits per heavy atom. The second-order valence-electron chi connectivity index (χ2n) is 9.50. The van der Waals surface area contributed by atoms with Crippen molar-refractivity contribution in [2.24, 2.45) is 10.9 Å². The van der Waals surface area contributed by atoms with Crippen molar-refractivity contribution in [3.8, 4) is 6.07 Å². The topological polar surface area (TPSA) is 81.0 Å². The first-order chi connectivity index (χ1) is 14.8. The van der Waals surface area contributed by atoms with E-state index in [4.69, 9.17) is 10.00 Å². The van der Waals surface area contributed by atoms with Crippen LogP contribution in [0.3, 0.4) is 0 Å². The van der Waals surface area contributed by atoms with E-state index in [0.29, 0.717) is 18.0 Å². The number of amides is 1. The largest absolute Gasteiger partial charge is 0.444 e. The molecule has 7 heteroatoms. The number of rotatable bonds is 5. The molecule has 3 rings (SSSR count). The van der Waals surface area contributed by atoms with Gasteiger partial charge in [-0.1, -0.05) is 12.1 Å². The van der Waals surface area contributed by atoms with E-state index in [0.717, 1.165) is 44.0 Å². The van der Waals surface area contributed by atoms with Gasteiger partial charge in [0.25, 0.3) is 0 Å². The van der Waals surface area contributed by atoms with Crippen LogP contribution in [0.5, 0.6) is 0 Å². The molecule has 0 bridgehead atoms. The third-order valence-corrected chi connectivity index (χ3v) is 5.73. The fraction of sp³-hybridized carbons (Fsp3) is 0.625. The summed E-state index contributed by atoms with van der Waals surface area (Å²) in [5.41, 5.74) is 1.29. The number of nitrogens with one attached hydrogen (secondary N) is 1. The van der Waals surface area contributed by atoms with E-state index in [9.17, 15) is 4.79 Å². The summed E-state index contributed by atoms with van der Waals surface area (Å²) in [6, 6.07) is 9.93. The fourth-order valence-electron chi connectivity index (χ4n) is 3.87. The van der Waals surface area contributed by atoms with Gasteiger partial charge in [-0.25, -0.2) is 4.79 Å². The second-order valence-corrected chi connectivity index (χ2v) is 9.50. The molecule has 1 heterocycles. The van der Waals surface area contributed by atoms with Crippen molar-refractivity contribution in [3.05, 3.63) is 35.4 Å². The van der Waals surface area contributed by atoms with Gasteiger partial charge < -0.3 is 19.9 Å². The lowest BCUT2D eigenvalue weighted by atomic mass is 10.0. The normalized spacial score (nSPS) is 17.8. The molecule has 7 nitrogen and oxygen atoms in total. The lowest BCUT2D eigenvalue weighted by Crippen LogP contribution is -2.52. The summed E-state index contributed by atoms with van der Waals surface area (Å²) in [4.78, 5) is 21.5. The maximum Gasteiger partial charge on any atom is 0.410 e. The average Bonchev–Trinajstić information content (AvgIpc) is 3.56. The minimum atomic E-state index is -0.475. The van der Waals surface area contributed by atoms with Crippen LogP contribution in [0.25, 0.3) is 0 Å². The van der Waals surface area contributed by atoms with Gasteiger partial charge in [-0.05, 0) is 70.1 Å². The summed E-state index contributed by atoms with van der Waals surface area (Å²) in [6.45, 7) is 8.93. The predicted molar refractivity (Wildman–Crippen MR) is 122 cm³/mol. The minimum Gasteiger partial charge on any atom is -0.444 e. The van der Waals surface area contributed by atoms with Crippen LogP contribution in [0.2, 0.25) is 0 Å². The highest BCUT2D eigenvalue weighted by Gasteiger charge is 2.35. The van der Waals surface area contributed by atoms with Gasteiger partial charge in [0.1, 0.15) is 5.60 Å². The highest BCUT2D eigenvalue weighted by atomic mass is 16.6. The number of ether oxygens (including phenoxy) is 1. The standard InChI is InChI=1S/C24H35N5O2/c1-24(2,3)31-23(30)29(17-20-9-10-20)21-11-13-28(14-12-21)22(26-4)27-16-19-7-5-18(15-25)6-8-19/h5-8,20-21H,9-14,16-17H2,1-4H3,(H,26,27). The van der Waals surface area contributed by atoms with Crippen LogP contribution >= 0.6 is 0 Å². The minimum absolute atomic E-state index is 0.179. The summed E-state index contributed by atoms with van der Waals surface area (Å²) >= 11 is 0. The molecule has 1 aromatic carbocycles. The number of benzene rings is 1. The Morgan fingerprint density at radius 2 is 1.87 bits per heavy atom. The van der Waals surface area contributed by atoms with Gasteiger partial charge in [0, 0.05) is 39.3 Å². The zero-order chi connectivity index (χ0) is 22.4. The molecule has 0 atom stereocenters. The Balaban J connectivity index is 1.54. The highest BCUT2D eigenvalue weighted by molar-refractivity contribution is 5.80. The maximum absolute atomic E-state index is 12.8. The van der Waals surface area contributed by atoms with E-state index < -0.39 is 5.60 Å². The van der Waals surface area contributed by atoms with E-state index >= 15 is 0 Å². The number of nitriles is 1. The first-order valence-electron chi connectivity index (χ1n) is 11.2. The number of carbonyl (C=O) groups is 1. The maximum atomic E-state index is 12.8. The molecule has 0 spiro atoms. The van der Waals surface area contributed by atoms with E-state index in [1.807, 2.05) is 49.9 Å². The number of piperidine rings is 1. The summed E-state index contributed by atoms with van der Waals surface area (Å²) in [7, 11) is 1.80. The van der Waals surface area contributed by atoms with E-state index in [1.54, 1.807) is 7.05 Å². The van der Waals surface area contributed by atoms with Crippen LogP contribution in [0.1, 0.15) is 57.6 Å². The summed E-state index contributed by atoms with van der Waals surface area (Å²) in [5, 5.41) is 12.4. The van der Waals surface area contributed by atoms with E-state index in [2.05, 4.69) is 21.3 Å². The summed E-state index contributed by atoms with van der Waals surface area (Å²) in [6.07, 6.45) is 4.06. The van der Waals surface area contributed by atoms with Crippen molar-refractivity contribution in [1.29, 1.82) is 5.26 Å². The molecule has 1 aromatic rings. The van der Waals surface area contributed by atoms with E-state index in [1.165, 1.54) is 12.8 Å². The Morgan fingerprint density at radius 1 is 1.23 bits per heavy atom. The molecule has 168 valence electrons. The monoisotopic (exact) mass is 425 g/mol. The molecule has 0 unspecified atom stereocenters. The van der Waals surface area contributed by atoms with Crippen LogP contribution in [0.15, 0.2) is 29.3 Å². The van der Waals surface area contributed by atoms with Crippen LogP contribution in [-0.2, 0) is 11.3 Å². The molecule has 1 saturated carbocycles. The SMILES string of the molecule is CN=C(NCc1ccc(C#N)cc1)N1CCC(N(CC2CC2)C(=O)OC(C)(C)C)CC1. The Hall–Kier alpha value is -2.75. The first kappa shape index (κ1) is 22.9. The summed E-state index contributed by atoms with van der Waals surface area (Å²) in [5.74, 6) is 1.50. The quantitative estimate of drug-likeness (QED) is 0.574. The number of likely N-dealkylation sites (tertiary alicyclic amines) is 1. The molecule has 0 aromatic heterocycles. The molecular weight excluding hydrogens is 390 g/mol. The molecule has 1 amide bonds. The fourth-order valence-corrected chi connectivity index (χ4v) is 3.87. The van der Waals surface area contributed by atoms with Crippen molar-refractivity contribution in [2.45, 2.75) is 64.6 Å². The van der Waals surface area contributed by atoms with Crippen molar-refractivity contribution in [2.75, 3.05) is 26.7 Å². The van der Waals surface area contributed by atoms with Crippen molar-refractivity contribution in [1.82, 2.24) is 15.1 Å². The third kappa shape index (κ3) is 6.88. The number of hydrogen-bond acceptors (Lipinski definition) is 4. The molecule has 31 heavy (non-hydrogen) atoms. The number of nitrogens with zero attached hydrogens (tertiary/aromatic N) is 4. The first-order valence-corrected chi connectivity index (χ1v) is 11.2. The Kier molecular flexibility index (Phi) is 7.42. The van der Waals surface area contributed by atoms with Gasteiger partial charge >= 0.3 is 6.09 Å². The number of guanidine groups is 1. The van der Waals surface area contributed by atoms with Crippen LogP contribution in [0, 0.1) is 17.2 Å². The highest BCUT2D eigenvalue weighted by Crippen LogP contribution is 2.32. The van der Waals surface area contributed by atoms with Gasteiger partial charge in [0.05, 0.1) is 11.6 Å². The zero-order valence-corrected chi connectivity index (χ0v) is 19.2. The van der Waals surface area contributed by atoms with Crippen molar-refractivity contribution in [3.63, 3.8) is 0 Å². The average molecular weight is 426 g/mol. The lowest BCUT2D eigenvalue weighted by molar-refractivity contribution is 0.00928. The molecule has 1 N–H and O–H groups in total. The van der Waals surface area contributed by atoms with Gasteiger partial charge in [0.2, 0.25) is 0 Å². The summed E-state index contributed by atoms with van der Waals surface area (Å²) < 4.78 is 5.70. The smallest absolute Gasteiger partial charge is 0.410 e. The Labute approximate surface area is 186 Å². The van der Waals surface area contributed by atoms with Gasteiger partial charge in [-0.3, -0.25) is 4.99 Å². The molecule has 1 saturated heterocycles. The van der Waals surface area contributed by atoms with Gasteiger partial charge in [0.15, 0.2) is 5.96 Å². The Bertz CT molecular complexity index is 810. The van der Waals surface area contributed by atoms with Crippen molar-refractivity contribution >= 4 is 12.1 Å². The lowest BCUT2D eigenvalue weighted by Gasteiger charge is -2.40. The predicted octanol–water partition coefficient (Wildman–Crippen LogP) is 3.75. The molecule has 2 fully saturated rings. The van der Waals surface area contributed by atoms with Crippen LogP contribution in [-0.4, -0.2) is 60.2 Å². The molecular formula is C24H35N5O2. The van der Waals surface area contributed by atoms with Gasteiger partial charge in [-0.2, -0.15) is 5.26 Å².